The number of aromatic nitrogens is 2. The smallest absolute Gasteiger partial charge is 0.167 e. The van der Waals surface area contributed by atoms with Crippen molar-refractivity contribution in [3.8, 4) is 0 Å². The molecule has 0 atom stereocenters. The fraction of sp³-hybridized carbons (Fsp3) is 0.231. The number of hydrogen-bond acceptors (Lipinski definition) is 2. The predicted octanol–water partition coefficient (Wildman–Crippen LogP) is 2.15. The Balaban J connectivity index is 1.90. The molecule has 2 aromatic rings. The Labute approximate surface area is 106 Å². The summed E-state index contributed by atoms with van der Waals surface area (Å²) in [6.07, 6.45) is 5.75. The summed E-state index contributed by atoms with van der Waals surface area (Å²) in [7, 11) is 0. The van der Waals surface area contributed by atoms with E-state index in [0.29, 0.717) is 10.8 Å². The van der Waals surface area contributed by atoms with E-state index < -0.39 is 0 Å². The topological polar surface area (TPSA) is 43.8 Å². The van der Waals surface area contributed by atoms with Gasteiger partial charge in [-0.15, -0.1) is 0 Å². The van der Waals surface area contributed by atoms with E-state index in [2.05, 4.69) is 29.2 Å². The molecular formula is C13H15N3S. The number of nitrogens with zero attached hydrogens (tertiary/aromatic N) is 2. The third kappa shape index (κ3) is 3.14. The van der Waals surface area contributed by atoms with Crippen molar-refractivity contribution >= 4 is 17.2 Å². The molecule has 0 unspecified atom stereocenters. The van der Waals surface area contributed by atoms with Crippen molar-refractivity contribution in [2.75, 3.05) is 0 Å². The maximum absolute atomic E-state index is 5.59. The Kier molecular flexibility index (Phi) is 3.88. The van der Waals surface area contributed by atoms with Crippen molar-refractivity contribution in [3.63, 3.8) is 0 Å². The molecular weight excluding hydrogens is 230 g/mol. The molecule has 2 N–H and O–H groups in total. The van der Waals surface area contributed by atoms with E-state index in [1.165, 1.54) is 5.56 Å². The first kappa shape index (κ1) is 11.8. The lowest BCUT2D eigenvalue weighted by Gasteiger charge is -2.06. The Morgan fingerprint density at radius 1 is 1.29 bits per heavy atom. The van der Waals surface area contributed by atoms with Crippen LogP contribution in [0.25, 0.3) is 0 Å². The molecule has 17 heavy (non-hydrogen) atoms. The van der Waals surface area contributed by atoms with Crippen LogP contribution in [-0.4, -0.2) is 14.5 Å². The minimum absolute atomic E-state index is 0.356. The van der Waals surface area contributed by atoms with Gasteiger partial charge in [0.2, 0.25) is 0 Å². The van der Waals surface area contributed by atoms with Crippen LogP contribution in [0.2, 0.25) is 0 Å². The minimum atomic E-state index is 0.356. The fourth-order valence-electron chi connectivity index (χ4n) is 1.81. The molecule has 4 heteroatoms. The van der Waals surface area contributed by atoms with Gasteiger partial charge in [0, 0.05) is 18.9 Å². The first-order valence-electron chi connectivity index (χ1n) is 5.62. The highest BCUT2D eigenvalue weighted by Gasteiger charge is 2.04. The highest BCUT2D eigenvalue weighted by molar-refractivity contribution is 7.80. The Bertz CT molecular complexity index is 490. The summed E-state index contributed by atoms with van der Waals surface area (Å²) in [5.41, 5.74) is 6.94. The summed E-state index contributed by atoms with van der Waals surface area (Å²) in [5.74, 6) is 0.702. The monoisotopic (exact) mass is 245 g/mol. The van der Waals surface area contributed by atoms with E-state index in [1.807, 2.05) is 16.8 Å². The molecule has 3 nitrogen and oxygen atoms in total. The second kappa shape index (κ2) is 5.59. The molecule has 0 saturated carbocycles. The molecule has 2 rings (SSSR count). The molecule has 0 aliphatic carbocycles. The number of thiocarbonyl (C=S) groups is 1. The highest BCUT2D eigenvalue weighted by atomic mass is 32.1. The van der Waals surface area contributed by atoms with Crippen LogP contribution >= 0.6 is 12.2 Å². The second-order valence-electron chi connectivity index (χ2n) is 3.90. The Morgan fingerprint density at radius 3 is 2.76 bits per heavy atom. The van der Waals surface area contributed by atoms with Crippen LogP contribution in [0.5, 0.6) is 0 Å². The number of benzene rings is 1. The molecule has 1 aromatic heterocycles. The lowest BCUT2D eigenvalue weighted by molar-refractivity contribution is 0.638. The summed E-state index contributed by atoms with van der Waals surface area (Å²) in [6, 6.07) is 10.4. The van der Waals surface area contributed by atoms with Crippen LogP contribution in [0, 0.1) is 0 Å². The van der Waals surface area contributed by atoms with Gasteiger partial charge in [0.25, 0.3) is 0 Å². The molecule has 1 heterocycles. The van der Waals surface area contributed by atoms with Crippen LogP contribution in [0.4, 0.5) is 0 Å². The van der Waals surface area contributed by atoms with Gasteiger partial charge in [-0.05, 0) is 18.4 Å². The zero-order valence-electron chi connectivity index (χ0n) is 9.54. The first-order chi connectivity index (χ1) is 8.27. The lowest BCUT2D eigenvalue weighted by atomic mass is 10.1. The van der Waals surface area contributed by atoms with Gasteiger partial charge in [-0.2, -0.15) is 0 Å². The largest absolute Gasteiger partial charge is 0.387 e. The minimum Gasteiger partial charge on any atom is -0.387 e. The number of rotatable bonds is 5. The van der Waals surface area contributed by atoms with E-state index in [0.717, 1.165) is 19.4 Å². The zero-order valence-corrected chi connectivity index (χ0v) is 10.4. The van der Waals surface area contributed by atoms with Crippen molar-refractivity contribution in [2.45, 2.75) is 19.4 Å². The van der Waals surface area contributed by atoms with Gasteiger partial charge in [-0.1, -0.05) is 42.5 Å². The molecule has 0 spiro atoms. The molecule has 0 radical (unpaired) electrons. The van der Waals surface area contributed by atoms with Crippen molar-refractivity contribution in [3.05, 3.63) is 54.1 Å². The van der Waals surface area contributed by atoms with E-state index in [4.69, 9.17) is 18.0 Å². The maximum atomic E-state index is 5.59. The normalized spacial score (nSPS) is 10.4. The maximum Gasteiger partial charge on any atom is 0.167 e. The van der Waals surface area contributed by atoms with Crippen LogP contribution in [0.1, 0.15) is 17.8 Å². The third-order valence-corrected chi connectivity index (χ3v) is 2.83. The molecule has 0 bridgehead atoms. The number of nitrogens with two attached hydrogens (primary N) is 1. The molecule has 0 fully saturated rings. The Morgan fingerprint density at radius 2 is 2.06 bits per heavy atom. The van der Waals surface area contributed by atoms with Crippen molar-refractivity contribution < 1.29 is 0 Å². The van der Waals surface area contributed by atoms with Gasteiger partial charge in [-0.3, -0.25) is 0 Å². The fourth-order valence-corrected chi connectivity index (χ4v) is 1.98. The molecule has 0 saturated heterocycles. The number of imidazole rings is 1. The average molecular weight is 245 g/mol. The SMILES string of the molecule is NC(=S)c1nccn1CCCc1ccccc1. The van der Waals surface area contributed by atoms with Crippen molar-refractivity contribution in [2.24, 2.45) is 5.73 Å². The van der Waals surface area contributed by atoms with Crippen LogP contribution in [-0.2, 0) is 13.0 Å². The summed E-state index contributed by atoms with van der Waals surface area (Å²) in [4.78, 5) is 4.49. The first-order valence-corrected chi connectivity index (χ1v) is 6.03. The zero-order chi connectivity index (χ0) is 12.1. The molecule has 0 aliphatic rings. The summed E-state index contributed by atoms with van der Waals surface area (Å²) >= 11 is 4.94. The van der Waals surface area contributed by atoms with E-state index >= 15 is 0 Å². The summed E-state index contributed by atoms with van der Waals surface area (Å²) in [6.45, 7) is 0.890. The van der Waals surface area contributed by atoms with Crippen molar-refractivity contribution in [1.29, 1.82) is 0 Å². The molecule has 88 valence electrons. The third-order valence-electron chi connectivity index (χ3n) is 2.64. The van der Waals surface area contributed by atoms with Gasteiger partial charge in [0.05, 0.1) is 0 Å². The van der Waals surface area contributed by atoms with Gasteiger partial charge < -0.3 is 10.3 Å². The van der Waals surface area contributed by atoms with E-state index in [9.17, 15) is 0 Å². The quantitative estimate of drug-likeness (QED) is 0.821. The number of aryl methyl sites for hydroxylation is 2. The Hall–Kier alpha value is -1.68. The average Bonchev–Trinajstić information content (AvgIpc) is 2.79. The van der Waals surface area contributed by atoms with Gasteiger partial charge in [0.1, 0.15) is 4.99 Å². The number of hydrogen-bond donors (Lipinski definition) is 1. The highest BCUT2D eigenvalue weighted by Crippen LogP contribution is 2.05. The van der Waals surface area contributed by atoms with Gasteiger partial charge in [-0.25, -0.2) is 4.98 Å². The summed E-state index contributed by atoms with van der Waals surface area (Å²) in [5, 5.41) is 0. The predicted molar refractivity (Wildman–Crippen MR) is 72.9 cm³/mol. The van der Waals surface area contributed by atoms with Crippen molar-refractivity contribution in [1.82, 2.24) is 9.55 Å². The van der Waals surface area contributed by atoms with Crippen LogP contribution < -0.4 is 5.73 Å². The molecule has 1 aromatic carbocycles. The van der Waals surface area contributed by atoms with Crippen LogP contribution in [0.3, 0.4) is 0 Å². The standard InChI is InChI=1S/C13H15N3S/c14-12(17)13-15-8-10-16(13)9-4-7-11-5-2-1-3-6-11/h1-3,5-6,8,10H,4,7,9H2,(H2,14,17). The van der Waals surface area contributed by atoms with Gasteiger partial charge in [0.15, 0.2) is 5.82 Å². The lowest BCUT2D eigenvalue weighted by Crippen LogP contribution is -2.17. The summed E-state index contributed by atoms with van der Waals surface area (Å²) < 4.78 is 2.01. The molecule has 0 amide bonds. The van der Waals surface area contributed by atoms with Crippen LogP contribution in [0.15, 0.2) is 42.7 Å². The van der Waals surface area contributed by atoms with E-state index in [-0.39, 0.29) is 0 Å². The van der Waals surface area contributed by atoms with Gasteiger partial charge >= 0.3 is 0 Å². The van der Waals surface area contributed by atoms with E-state index in [1.54, 1.807) is 6.20 Å². The second-order valence-corrected chi connectivity index (χ2v) is 4.34. The molecule has 0 aliphatic heterocycles.